The number of rotatable bonds is 3. The number of halogens is 3. The molecule has 4 rings (SSSR count). The molecule has 0 aliphatic carbocycles. The molecule has 1 aromatic carbocycles. The number of hydrogen-bond acceptors (Lipinski definition) is 6. The number of likely N-dealkylation sites (tertiary alicyclic amines) is 1. The molecular formula is C31H34F3N5O3. The first kappa shape index (κ1) is 30.7. The summed E-state index contributed by atoms with van der Waals surface area (Å²) in [6.07, 6.45) is -0.832. The first-order chi connectivity index (χ1) is 19.8. The maximum atomic E-state index is 13.3. The van der Waals surface area contributed by atoms with E-state index in [0.717, 1.165) is 24.5 Å². The summed E-state index contributed by atoms with van der Waals surface area (Å²) in [4.78, 5) is 32.9. The third-order valence-corrected chi connectivity index (χ3v) is 7.24. The lowest BCUT2D eigenvalue weighted by molar-refractivity contribution is -0.137. The molecular weight excluding hydrogens is 547 g/mol. The van der Waals surface area contributed by atoms with Gasteiger partial charge in [-0.2, -0.15) is 18.4 Å². The van der Waals surface area contributed by atoms with Gasteiger partial charge in [0.15, 0.2) is 0 Å². The van der Waals surface area contributed by atoms with Crippen molar-refractivity contribution in [1.82, 2.24) is 9.88 Å². The van der Waals surface area contributed by atoms with Crippen molar-refractivity contribution in [1.29, 1.82) is 5.26 Å². The van der Waals surface area contributed by atoms with Crippen LogP contribution in [-0.2, 0) is 15.7 Å². The van der Waals surface area contributed by atoms with Crippen molar-refractivity contribution in [2.75, 3.05) is 36.4 Å². The molecule has 11 heteroatoms. The second-order valence-electron chi connectivity index (χ2n) is 11.5. The van der Waals surface area contributed by atoms with Crippen molar-refractivity contribution in [3.63, 3.8) is 0 Å². The number of carbonyl (C=O) groups is 2. The molecule has 2 aliphatic heterocycles. The zero-order chi connectivity index (χ0) is 30.5. The molecule has 1 N–H and O–H groups in total. The Bertz CT molecular complexity index is 1380. The molecule has 0 bridgehead atoms. The maximum Gasteiger partial charge on any atom is 0.417 e. The highest BCUT2D eigenvalue weighted by Gasteiger charge is 2.35. The normalized spacial score (nSPS) is 16.7. The number of carbonyl (C=O) groups excluding carboxylic acids is 2. The zero-order valence-electron chi connectivity index (χ0n) is 23.9. The van der Waals surface area contributed by atoms with Crippen LogP contribution < -0.4 is 10.2 Å². The van der Waals surface area contributed by atoms with Gasteiger partial charge in [-0.3, -0.25) is 4.79 Å². The summed E-state index contributed by atoms with van der Waals surface area (Å²) in [6, 6.07) is 8.77. The predicted octanol–water partition coefficient (Wildman–Crippen LogP) is 5.83. The highest BCUT2D eigenvalue weighted by Crippen LogP contribution is 2.35. The van der Waals surface area contributed by atoms with Gasteiger partial charge in [-0.25, -0.2) is 9.78 Å². The Kier molecular flexibility index (Phi) is 9.30. The van der Waals surface area contributed by atoms with Gasteiger partial charge in [-0.15, -0.1) is 0 Å². The van der Waals surface area contributed by atoms with Gasteiger partial charge in [0.2, 0.25) is 5.91 Å². The average Bonchev–Trinajstić information content (AvgIpc) is 2.95. The summed E-state index contributed by atoms with van der Waals surface area (Å²) in [5.41, 5.74) is -0.788. The molecule has 2 aliphatic rings. The Labute approximate surface area is 243 Å². The van der Waals surface area contributed by atoms with E-state index in [9.17, 15) is 22.8 Å². The van der Waals surface area contributed by atoms with Gasteiger partial charge in [0.05, 0.1) is 17.2 Å². The molecule has 2 aromatic rings. The average molecular weight is 582 g/mol. The van der Waals surface area contributed by atoms with E-state index in [4.69, 9.17) is 10.00 Å². The highest BCUT2D eigenvalue weighted by atomic mass is 19.4. The smallest absolute Gasteiger partial charge is 0.417 e. The Morgan fingerprint density at radius 1 is 1.02 bits per heavy atom. The van der Waals surface area contributed by atoms with Crippen LogP contribution >= 0.6 is 0 Å². The fourth-order valence-corrected chi connectivity index (χ4v) is 4.95. The topological polar surface area (TPSA) is 98.6 Å². The lowest BCUT2D eigenvalue weighted by Gasteiger charge is -2.33. The summed E-state index contributed by atoms with van der Waals surface area (Å²) in [6.45, 7) is 7.56. The standard InChI is InChI=1S/C31H34F3N5O3/c1-30(2,3)42-29(41)39-14-10-21(11-15-39)4-5-22-6-9-27(36-20-22)37-28(40)23-12-16-38(17-13-23)25-8-7-24(19-35)26(18-25)31(32,33)34/h6-9,18,20-21,23H,10-17H2,1-3H3,(H,36,37,40). The molecule has 2 fully saturated rings. The fraction of sp³-hybridized carbons (Fsp3) is 0.484. The molecule has 222 valence electrons. The van der Waals surface area contributed by atoms with Gasteiger partial charge in [-0.1, -0.05) is 11.8 Å². The summed E-state index contributed by atoms with van der Waals surface area (Å²) in [5, 5.41) is 11.8. The Morgan fingerprint density at radius 3 is 2.29 bits per heavy atom. The lowest BCUT2D eigenvalue weighted by atomic mass is 9.95. The maximum absolute atomic E-state index is 13.3. The summed E-state index contributed by atoms with van der Waals surface area (Å²) in [7, 11) is 0. The number of ether oxygens (including phenoxy) is 1. The van der Waals surface area contributed by atoms with Crippen LogP contribution in [0, 0.1) is 35.0 Å². The van der Waals surface area contributed by atoms with Crippen LogP contribution in [0.3, 0.4) is 0 Å². The minimum absolute atomic E-state index is 0.165. The second-order valence-corrected chi connectivity index (χ2v) is 11.5. The van der Waals surface area contributed by atoms with Crippen molar-refractivity contribution in [3.8, 4) is 17.9 Å². The number of aromatic nitrogens is 1. The van der Waals surface area contributed by atoms with E-state index >= 15 is 0 Å². The molecule has 2 amide bonds. The molecule has 2 saturated heterocycles. The molecule has 0 saturated carbocycles. The van der Waals surface area contributed by atoms with Crippen LogP contribution in [0.25, 0.3) is 0 Å². The van der Waals surface area contributed by atoms with Crippen molar-refractivity contribution >= 4 is 23.5 Å². The van der Waals surface area contributed by atoms with E-state index in [2.05, 4.69) is 22.1 Å². The predicted molar refractivity (Wildman–Crippen MR) is 151 cm³/mol. The minimum Gasteiger partial charge on any atom is -0.444 e. The molecule has 1 aromatic heterocycles. The molecule has 8 nitrogen and oxygen atoms in total. The minimum atomic E-state index is -4.62. The number of nitrogens with zero attached hydrogens (tertiary/aromatic N) is 4. The van der Waals surface area contributed by atoms with Crippen LogP contribution in [0.4, 0.5) is 29.5 Å². The van der Waals surface area contributed by atoms with Crippen molar-refractivity contribution < 1.29 is 27.5 Å². The fourth-order valence-electron chi connectivity index (χ4n) is 4.95. The first-order valence-corrected chi connectivity index (χ1v) is 13.9. The molecule has 0 radical (unpaired) electrons. The van der Waals surface area contributed by atoms with Crippen molar-refractivity contribution in [2.24, 2.45) is 11.8 Å². The van der Waals surface area contributed by atoms with Crippen LogP contribution in [0.5, 0.6) is 0 Å². The number of anilines is 2. The van der Waals surface area contributed by atoms with Crippen LogP contribution in [0.15, 0.2) is 36.5 Å². The van der Waals surface area contributed by atoms with Crippen molar-refractivity contribution in [3.05, 3.63) is 53.2 Å². The van der Waals surface area contributed by atoms with Crippen molar-refractivity contribution in [2.45, 2.75) is 58.2 Å². The molecule has 42 heavy (non-hydrogen) atoms. The van der Waals surface area contributed by atoms with E-state index in [1.54, 1.807) is 34.2 Å². The molecule has 0 spiro atoms. The summed E-state index contributed by atoms with van der Waals surface area (Å²) < 4.78 is 45.4. The zero-order valence-corrected chi connectivity index (χ0v) is 23.9. The number of nitriles is 1. The second kappa shape index (κ2) is 12.7. The molecule has 0 unspecified atom stereocenters. The number of pyridine rings is 1. The van der Waals surface area contributed by atoms with Gasteiger partial charge >= 0.3 is 12.3 Å². The van der Waals surface area contributed by atoms with E-state index in [-0.39, 0.29) is 23.8 Å². The van der Waals surface area contributed by atoms with Gasteiger partial charge in [-0.05, 0) is 76.8 Å². The molecule has 0 atom stereocenters. The van der Waals surface area contributed by atoms with E-state index in [1.165, 1.54) is 12.1 Å². The number of alkyl halides is 3. The quantitative estimate of drug-likeness (QED) is 0.459. The number of piperidine rings is 2. The van der Waals surface area contributed by atoms with E-state index in [0.29, 0.717) is 50.5 Å². The van der Waals surface area contributed by atoms with Crippen LogP contribution in [0.1, 0.15) is 63.1 Å². The van der Waals surface area contributed by atoms with E-state index < -0.39 is 22.9 Å². The summed E-state index contributed by atoms with van der Waals surface area (Å²) in [5.74, 6) is 6.47. The van der Waals surface area contributed by atoms with Gasteiger partial charge in [0, 0.05) is 55.5 Å². The number of hydrogen-bond donors (Lipinski definition) is 1. The van der Waals surface area contributed by atoms with E-state index in [1.807, 2.05) is 20.8 Å². The Hall–Kier alpha value is -4.25. The third kappa shape index (κ3) is 8.16. The Morgan fingerprint density at radius 2 is 1.71 bits per heavy atom. The first-order valence-electron chi connectivity index (χ1n) is 13.9. The Balaban J connectivity index is 1.25. The highest BCUT2D eigenvalue weighted by molar-refractivity contribution is 5.91. The number of nitrogens with one attached hydrogen (secondary N) is 1. The lowest BCUT2D eigenvalue weighted by Crippen LogP contribution is -2.41. The SMILES string of the molecule is CC(C)(C)OC(=O)N1CCC(C#Cc2ccc(NC(=O)C3CCN(c4ccc(C#N)c(C(F)(F)F)c4)CC3)nc2)CC1. The monoisotopic (exact) mass is 581 g/mol. The van der Waals surface area contributed by atoms with Gasteiger partial charge in [0.25, 0.3) is 0 Å². The largest absolute Gasteiger partial charge is 0.444 e. The van der Waals surface area contributed by atoms with Crippen LogP contribution in [0.2, 0.25) is 0 Å². The van der Waals surface area contributed by atoms with Gasteiger partial charge < -0.3 is 19.9 Å². The molecule has 3 heterocycles. The van der Waals surface area contributed by atoms with Gasteiger partial charge in [0.1, 0.15) is 11.4 Å². The summed E-state index contributed by atoms with van der Waals surface area (Å²) >= 11 is 0. The third-order valence-electron chi connectivity index (χ3n) is 7.24. The number of amides is 2. The number of benzene rings is 1. The van der Waals surface area contributed by atoms with Crippen LogP contribution in [-0.4, -0.2) is 53.7 Å².